The molecule has 0 unspecified atom stereocenters. The standard InChI is InChI=1S/C22H17ClN4O2/c1-13-17(22(29)26-20-11-16(14(2)28)7-9-18(20)23)12-24-27(13)21-10-8-15-5-3-4-6-19(15)25-21/h3-12H,1-2H3,(H,26,29). The van der Waals surface area contributed by atoms with Crippen LogP contribution in [0.4, 0.5) is 5.69 Å². The molecule has 0 aliphatic heterocycles. The minimum absolute atomic E-state index is 0.108. The number of pyridine rings is 1. The number of carbonyl (C=O) groups excluding carboxylic acids is 2. The Hall–Kier alpha value is -3.51. The van der Waals surface area contributed by atoms with Crippen molar-refractivity contribution >= 4 is 39.9 Å². The molecule has 0 atom stereocenters. The number of Topliss-reactive ketones (excluding diaryl/α,β-unsaturated/α-hetero) is 1. The van der Waals surface area contributed by atoms with Gasteiger partial charge in [-0.3, -0.25) is 9.59 Å². The molecule has 7 heteroatoms. The number of nitrogens with zero attached hydrogens (tertiary/aromatic N) is 3. The van der Waals surface area contributed by atoms with Crippen molar-refractivity contribution in [3.8, 4) is 5.82 Å². The van der Waals surface area contributed by atoms with Crippen molar-refractivity contribution in [1.82, 2.24) is 14.8 Å². The van der Waals surface area contributed by atoms with Crippen molar-refractivity contribution in [3.63, 3.8) is 0 Å². The van der Waals surface area contributed by atoms with Crippen LogP contribution in [0.15, 0.2) is 60.8 Å². The number of para-hydroxylation sites is 1. The summed E-state index contributed by atoms with van der Waals surface area (Å²) in [5.74, 6) is 0.151. The number of rotatable bonds is 4. The minimum atomic E-state index is -0.364. The van der Waals surface area contributed by atoms with E-state index in [1.165, 1.54) is 13.1 Å². The second-order valence-electron chi connectivity index (χ2n) is 6.62. The van der Waals surface area contributed by atoms with E-state index in [9.17, 15) is 9.59 Å². The van der Waals surface area contributed by atoms with E-state index in [0.29, 0.717) is 33.3 Å². The second kappa shape index (κ2) is 7.48. The lowest BCUT2D eigenvalue weighted by atomic mass is 10.1. The van der Waals surface area contributed by atoms with Gasteiger partial charge >= 0.3 is 0 Å². The number of aromatic nitrogens is 3. The smallest absolute Gasteiger partial charge is 0.259 e. The van der Waals surface area contributed by atoms with E-state index in [1.807, 2.05) is 36.4 Å². The van der Waals surface area contributed by atoms with Crippen molar-refractivity contribution in [1.29, 1.82) is 0 Å². The molecule has 1 N–H and O–H groups in total. The highest BCUT2D eigenvalue weighted by molar-refractivity contribution is 6.34. The highest BCUT2D eigenvalue weighted by Crippen LogP contribution is 2.25. The van der Waals surface area contributed by atoms with Gasteiger partial charge in [0.25, 0.3) is 5.91 Å². The van der Waals surface area contributed by atoms with E-state index in [0.717, 1.165) is 10.9 Å². The van der Waals surface area contributed by atoms with Gasteiger partial charge < -0.3 is 5.32 Å². The summed E-state index contributed by atoms with van der Waals surface area (Å²) in [6.45, 7) is 3.26. The number of carbonyl (C=O) groups is 2. The van der Waals surface area contributed by atoms with Gasteiger partial charge in [-0.05, 0) is 50.2 Å². The molecule has 1 amide bonds. The number of fused-ring (bicyclic) bond motifs is 1. The predicted molar refractivity (Wildman–Crippen MR) is 113 cm³/mol. The summed E-state index contributed by atoms with van der Waals surface area (Å²) in [4.78, 5) is 29.0. The first-order valence-corrected chi connectivity index (χ1v) is 9.34. The summed E-state index contributed by atoms with van der Waals surface area (Å²) < 4.78 is 1.62. The number of nitrogens with one attached hydrogen (secondary N) is 1. The molecular formula is C22H17ClN4O2. The molecule has 2 aromatic heterocycles. The third-order valence-electron chi connectivity index (χ3n) is 4.68. The molecule has 29 heavy (non-hydrogen) atoms. The van der Waals surface area contributed by atoms with Crippen LogP contribution >= 0.6 is 11.6 Å². The summed E-state index contributed by atoms with van der Waals surface area (Å²) >= 11 is 6.17. The Morgan fingerprint density at radius 1 is 1.07 bits per heavy atom. The van der Waals surface area contributed by atoms with Crippen LogP contribution < -0.4 is 5.32 Å². The summed E-state index contributed by atoms with van der Waals surface area (Å²) in [5, 5.41) is 8.47. The monoisotopic (exact) mass is 404 g/mol. The maximum atomic E-state index is 12.8. The molecule has 4 rings (SSSR count). The number of hydrogen-bond donors (Lipinski definition) is 1. The molecule has 6 nitrogen and oxygen atoms in total. The van der Waals surface area contributed by atoms with E-state index in [-0.39, 0.29) is 11.7 Å². The molecule has 0 bridgehead atoms. The molecule has 0 spiro atoms. The van der Waals surface area contributed by atoms with Crippen molar-refractivity contribution in [3.05, 3.63) is 82.6 Å². The van der Waals surface area contributed by atoms with E-state index in [1.54, 1.807) is 29.8 Å². The lowest BCUT2D eigenvalue weighted by molar-refractivity contribution is 0.101. The van der Waals surface area contributed by atoms with Gasteiger partial charge in [0.2, 0.25) is 0 Å². The van der Waals surface area contributed by atoms with E-state index in [2.05, 4.69) is 15.4 Å². The fourth-order valence-electron chi connectivity index (χ4n) is 3.07. The Bertz CT molecular complexity index is 1260. The van der Waals surface area contributed by atoms with Gasteiger partial charge in [-0.25, -0.2) is 9.67 Å². The summed E-state index contributed by atoms with van der Waals surface area (Å²) in [6, 6.07) is 16.4. The molecule has 0 saturated carbocycles. The van der Waals surface area contributed by atoms with Crippen molar-refractivity contribution < 1.29 is 9.59 Å². The SMILES string of the molecule is CC(=O)c1ccc(Cl)c(NC(=O)c2cnn(-c3ccc4ccccc4n3)c2C)c1. The second-order valence-corrected chi connectivity index (χ2v) is 7.03. The van der Waals surface area contributed by atoms with Crippen LogP contribution in [0.5, 0.6) is 0 Å². The number of anilines is 1. The Labute approximate surface area is 172 Å². The van der Waals surface area contributed by atoms with Gasteiger partial charge in [-0.1, -0.05) is 29.8 Å². The quantitative estimate of drug-likeness (QED) is 0.494. The molecule has 2 heterocycles. The van der Waals surface area contributed by atoms with E-state index in [4.69, 9.17) is 11.6 Å². The van der Waals surface area contributed by atoms with Crippen molar-refractivity contribution in [2.45, 2.75) is 13.8 Å². The minimum Gasteiger partial charge on any atom is -0.321 e. The van der Waals surface area contributed by atoms with Crippen LogP contribution in [-0.2, 0) is 0 Å². The van der Waals surface area contributed by atoms with Crippen LogP contribution in [0, 0.1) is 6.92 Å². The number of hydrogen-bond acceptors (Lipinski definition) is 4. The fraction of sp³-hybridized carbons (Fsp3) is 0.0909. The highest BCUT2D eigenvalue weighted by Gasteiger charge is 2.17. The van der Waals surface area contributed by atoms with Crippen LogP contribution in [0.2, 0.25) is 5.02 Å². The van der Waals surface area contributed by atoms with Gasteiger partial charge in [-0.15, -0.1) is 0 Å². The third kappa shape index (κ3) is 3.62. The molecule has 0 aliphatic rings. The number of ketones is 1. The zero-order valence-corrected chi connectivity index (χ0v) is 16.6. The zero-order chi connectivity index (χ0) is 20.5. The predicted octanol–water partition coefficient (Wildman–Crippen LogP) is 4.84. The highest BCUT2D eigenvalue weighted by atomic mass is 35.5. The summed E-state index contributed by atoms with van der Waals surface area (Å²) in [6.07, 6.45) is 1.49. The lowest BCUT2D eigenvalue weighted by Crippen LogP contribution is -2.14. The van der Waals surface area contributed by atoms with Crippen LogP contribution in [0.25, 0.3) is 16.7 Å². The first kappa shape index (κ1) is 18.8. The summed E-state index contributed by atoms with van der Waals surface area (Å²) in [5.41, 5.74) is 2.73. The van der Waals surface area contributed by atoms with Gasteiger partial charge in [0, 0.05) is 10.9 Å². The molecule has 0 fully saturated rings. The molecule has 2 aromatic carbocycles. The van der Waals surface area contributed by atoms with Gasteiger partial charge in [0.1, 0.15) is 0 Å². The maximum absolute atomic E-state index is 12.8. The van der Waals surface area contributed by atoms with E-state index >= 15 is 0 Å². The topological polar surface area (TPSA) is 76.9 Å². The Kier molecular flexibility index (Phi) is 4.86. The number of benzene rings is 2. The first-order chi connectivity index (χ1) is 13.9. The lowest BCUT2D eigenvalue weighted by Gasteiger charge is -2.09. The van der Waals surface area contributed by atoms with Crippen LogP contribution in [0.3, 0.4) is 0 Å². The number of halogens is 1. The molecule has 144 valence electrons. The largest absolute Gasteiger partial charge is 0.321 e. The molecule has 0 saturated heterocycles. The van der Waals surface area contributed by atoms with Gasteiger partial charge in [-0.2, -0.15) is 5.10 Å². The number of amides is 1. The molecule has 4 aromatic rings. The van der Waals surface area contributed by atoms with Crippen LogP contribution in [-0.4, -0.2) is 26.5 Å². The molecule has 0 radical (unpaired) electrons. The zero-order valence-electron chi connectivity index (χ0n) is 15.8. The van der Waals surface area contributed by atoms with Gasteiger partial charge in [0.15, 0.2) is 11.6 Å². The average Bonchev–Trinajstić information content (AvgIpc) is 3.10. The molecule has 0 aliphatic carbocycles. The Morgan fingerprint density at radius 3 is 2.66 bits per heavy atom. The Morgan fingerprint density at radius 2 is 1.86 bits per heavy atom. The maximum Gasteiger partial charge on any atom is 0.259 e. The normalized spacial score (nSPS) is 10.9. The molecular weight excluding hydrogens is 388 g/mol. The van der Waals surface area contributed by atoms with Gasteiger partial charge in [0.05, 0.1) is 33.7 Å². The fourth-order valence-corrected chi connectivity index (χ4v) is 3.23. The van der Waals surface area contributed by atoms with Crippen LogP contribution in [0.1, 0.15) is 33.3 Å². The van der Waals surface area contributed by atoms with Crippen molar-refractivity contribution in [2.75, 3.05) is 5.32 Å². The summed E-state index contributed by atoms with van der Waals surface area (Å²) in [7, 11) is 0. The average molecular weight is 405 g/mol. The third-order valence-corrected chi connectivity index (χ3v) is 5.01. The Balaban J connectivity index is 1.65. The van der Waals surface area contributed by atoms with Crippen molar-refractivity contribution in [2.24, 2.45) is 0 Å². The van der Waals surface area contributed by atoms with E-state index < -0.39 is 0 Å². The first-order valence-electron chi connectivity index (χ1n) is 8.96.